The van der Waals surface area contributed by atoms with Gasteiger partial charge in [0.25, 0.3) is 5.91 Å². The van der Waals surface area contributed by atoms with Crippen molar-refractivity contribution in [3.63, 3.8) is 0 Å². The second kappa shape index (κ2) is 9.98. The van der Waals surface area contributed by atoms with Crippen LogP contribution in [0.4, 0.5) is 0 Å². The zero-order valence-electron chi connectivity index (χ0n) is 12.7. The molecule has 0 aromatic heterocycles. The van der Waals surface area contributed by atoms with Crippen molar-refractivity contribution in [2.75, 3.05) is 26.4 Å². The van der Waals surface area contributed by atoms with Gasteiger partial charge in [0, 0.05) is 30.9 Å². The minimum atomic E-state index is -0.187. The molecule has 0 unspecified atom stereocenters. The third kappa shape index (κ3) is 6.44. The predicted octanol–water partition coefficient (Wildman–Crippen LogP) is 1.89. The maximum atomic E-state index is 12.0. The smallest absolute Gasteiger partial charge is 0.251 e. The van der Waals surface area contributed by atoms with E-state index in [0.717, 1.165) is 30.6 Å². The van der Waals surface area contributed by atoms with Crippen LogP contribution in [-0.4, -0.2) is 37.4 Å². The summed E-state index contributed by atoms with van der Waals surface area (Å²) in [6.07, 6.45) is 1.81. The van der Waals surface area contributed by atoms with Crippen LogP contribution in [-0.2, 0) is 4.74 Å². The molecule has 1 amide bonds. The summed E-state index contributed by atoms with van der Waals surface area (Å²) in [7, 11) is 0. The summed E-state index contributed by atoms with van der Waals surface area (Å²) < 4.78 is 5.36. The Balaban J connectivity index is 2.50. The number of aryl methyl sites for hydroxylation is 1. The number of rotatable bonds is 7. The Morgan fingerprint density at radius 2 is 2.19 bits per heavy atom. The topological polar surface area (TPSA) is 58.6 Å². The molecule has 1 aromatic rings. The van der Waals surface area contributed by atoms with Crippen LogP contribution in [0, 0.1) is 18.8 Å². The van der Waals surface area contributed by atoms with Crippen molar-refractivity contribution in [3.05, 3.63) is 34.9 Å². The predicted molar refractivity (Wildman–Crippen MR) is 83.2 cm³/mol. The Labute approximate surface area is 126 Å². The summed E-state index contributed by atoms with van der Waals surface area (Å²) in [5.74, 6) is 5.34. The van der Waals surface area contributed by atoms with Gasteiger partial charge in [-0.05, 0) is 37.5 Å². The highest BCUT2D eigenvalue weighted by atomic mass is 16.5. The largest absolute Gasteiger partial charge is 0.384 e. The van der Waals surface area contributed by atoms with Crippen LogP contribution in [0.2, 0.25) is 0 Å². The molecule has 0 radical (unpaired) electrons. The molecule has 0 saturated heterocycles. The number of nitrogens with one attached hydrogen (secondary N) is 1. The summed E-state index contributed by atoms with van der Waals surface area (Å²) in [4.78, 5) is 12.0. The van der Waals surface area contributed by atoms with Crippen LogP contribution in [0.5, 0.6) is 0 Å². The number of hydrogen-bond donors (Lipinski definition) is 2. The molecule has 0 saturated carbocycles. The van der Waals surface area contributed by atoms with Crippen LogP contribution in [0.1, 0.15) is 41.3 Å². The van der Waals surface area contributed by atoms with Gasteiger partial charge in [0.1, 0.15) is 6.61 Å². The summed E-state index contributed by atoms with van der Waals surface area (Å²) in [6.45, 7) is 5.82. The van der Waals surface area contributed by atoms with Crippen molar-refractivity contribution in [1.82, 2.24) is 5.32 Å². The Kier molecular flexibility index (Phi) is 8.18. The second-order valence-corrected chi connectivity index (χ2v) is 4.71. The summed E-state index contributed by atoms with van der Waals surface area (Å²) >= 11 is 0. The van der Waals surface area contributed by atoms with E-state index >= 15 is 0 Å². The Hall–Kier alpha value is -1.83. The highest BCUT2D eigenvalue weighted by molar-refractivity contribution is 5.94. The SMILES string of the molecule is CCCOCCCNC(=O)c1ccc(C)c(C#CCO)c1. The van der Waals surface area contributed by atoms with Gasteiger partial charge in [-0.25, -0.2) is 0 Å². The number of amides is 1. The van der Waals surface area contributed by atoms with Gasteiger partial charge in [0.05, 0.1) is 0 Å². The molecule has 0 aliphatic heterocycles. The number of aliphatic hydroxyl groups excluding tert-OH is 1. The van der Waals surface area contributed by atoms with Crippen molar-refractivity contribution < 1.29 is 14.6 Å². The molecule has 0 atom stereocenters. The average molecular weight is 289 g/mol. The van der Waals surface area contributed by atoms with E-state index in [0.29, 0.717) is 18.7 Å². The van der Waals surface area contributed by atoms with E-state index < -0.39 is 0 Å². The monoisotopic (exact) mass is 289 g/mol. The summed E-state index contributed by atoms with van der Waals surface area (Å²) in [5.41, 5.74) is 2.33. The third-order valence-electron chi connectivity index (χ3n) is 2.90. The molecule has 1 rings (SSSR count). The zero-order chi connectivity index (χ0) is 15.5. The lowest BCUT2D eigenvalue weighted by molar-refractivity contribution is 0.0941. The third-order valence-corrected chi connectivity index (χ3v) is 2.90. The highest BCUT2D eigenvalue weighted by Gasteiger charge is 2.06. The molecular weight excluding hydrogens is 266 g/mol. The Morgan fingerprint density at radius 3 is 2.90 bits per heavy atom. The molecule has 1 aromatic carbocycles. The number of hydrogen-bond acceptors (Lipinski definition) is 3. The van der Waals surface area contributed by atoms with Crippen LogP contribution in [0.15, 0.2) is 18.2 Å². The lowest BCUT2D eigenvalue weighted by atomic mass is 10.0. The van der Waals surface area contributed by atoms with Crippen LogP contribution in [0.25, 0.3) is 0 Å². The van der Waals surface area contributed by atoms with Crippen LogP contribution < -0.4 is 5.32 Å². The first-order chi connectivity index (χ1) is 10.2. The fourth-order valence-corrected chi connectivity index (χ4v) is 1.76. The first-order valence-corrected chi connectivity index (χ1v) is 7.25. The Morgan fingerprint density at radius 1 is 1.38 bits per heavy atom. The van der Waals surface area contributed by atoms with E-state index in [-0.39, 0.29) is 12.5 Å². The van der Waals surface area contributed by atoms with Gasteiger partial charge in [-0.3, -0.25) is 4.79 Å². The fourth-order valence-electron chi connectivity index (χ4n) is 1.76. The number of benzene rings is 1. The van der Waals surface area contributed by atoms with Crippen LogP contribution in [0.3, 0.4) is 0 Å². The van der Waals surface area contributed by atoms with Gasteiger partial charge in [-0.15, -0.1) is 0 Å². The van der Waals surface area contributed by atoms with Crippen molar-refractivity contribution in [3.8, 4) is 11.8 Å². The molecule has 0 fully saturated rings. The zero-order valence-corrected chi connectivity index (χ0v) is 12.7. The molecule has 4 heteroatoms. The van der Waals surface area contributed by atoms with Gasteiger partial charge in [-0.2, -0.15) is 0 Å². The molecule has 4 nitrogen and oxygen atoms in total. The Bertz CT molecular complexity index is 515. The molecule has 21 heavy (non-hydrogen) atoms. The number of ether oxygens (including phenoxy) is 1. The molecule has 2 N–H and O–H groups in total. The number of carbonyl (C=O) groups excluding carboxylic acids is 1. The van der Waals surface area contributed by atoms with Gasteiger partial charge < -0.3 is 15.2 Å². The fraction of sp³-hybridized carbons (Fsp3) is 0.471. The summed E-state index contributed by atoms with van der Waals surface area (Å²) in [5, 5.41) is 11.6. The maximum absolute atomic E-state index is 12.0. The van der Waals surface area contributed by atoms with E-state index in [9.17, 15) is 4.79 Å². The van der Waals surface area contributed by atoms with E-state index in [4.69, 9.17) is 9.84 Å². The molecule has 0 aliphatic rings. The van der Waals surface area contributed by atoms with Crippen molar-refractivity contribution in [2.45, 2.75) is 26.7 Å². The van der Waals surface area contributed by atoms with E-state index in [1.807, 2.05) is 13.0 Å². The summed E-state index contributed by atoms with van der Waals surface area (Å²) in [6, 6.07) is 5.39. The molecule has 114 valence electrons. The molecule has 0 spiro atoms. The molecular formula is C17H23NO3. The van der Waals surface area contributed by atoms with Gasteiger partial charge >= 0.3 is 0 Å². The minimum Gasteiger partial charge on any atom is -0.384 e. The van der Waals surface area contributed by atoms with Crippen molar-refractivity contribution in [1.29, 1.82) is 0 Å². The number of aliphatic hydroxyl groups is 1. The van der Waals surface area contributed by atoms with Crippen LogP contribution >= 0.6 is 0 Å². The van der Waals surface area contributed by atoms with E-state index in [1.165, 1.54) is 0 Å². The molecule has 0 bridgehead atoms. The average Bonchev–Trinajstić information content (AvgIpc) is 2.49. The lowest BCUT2D eigenvalue weighted by Gasteiger charge is -2.07. The standard InChI is InChI=1S/C17H23NO3/c1-3-11-21-12-5-9-18-17(20)16-8-7-14(2)15(13-16)6-4-10-19/h7-8,13,19H,3,5,9-12H2,1-2H3,(H,18,20). The first-order valence-electron chi connectivity index (χ1n) is 7.25. The quantitative estimate of drug-likeness (QED) is 0.595. The first kappa shape index (κ1) is 17.2. The maximum Gasteiger partial charge on any atom is 0.251 e. The van der Waals surface area contributed by atoms with Crippen molar-refractivity contribution in [2.24, 2.45) is 0 Å². The normalized spacial score (nSPS) is 9.86. The van der Waals surface area contributed by atoms with Gasteiger partial charge in [0.15, 0.2) is 0 Å². The molecule has 0 aliphatic carbocycles. The lowest BCUT2D eigenvalue weighted by Crippen LogP contribution is -2.25. The van der Waals surface area contributed by atoms with Gasteiger partial charge in [0.2, 0.25) is 0 Å². The van der Waals surface area contributed by atoms with Crippen molar-refractivity contribution >= 4 is 5.91 Å². The second-order valence-electron chi connectivity index (χ2n) is 4.71. The minimum absolute atomic E-state index is 0.113. The van der Waals surface area contributed by atoms with Gasteiger partial charge in [-0.1, -0.05) is 24.8 Å². The van der Waals surface area contributed by atoms with E-state index in [1.54, 1.807) is 12.1 Å². The highest BCUT2D eigenvalue weighted by Crippen LogP contribution is 2.10. The number of carbonyl (C=O) groups is 1. The van der Waals surface area contributed by atoms with E-state index in [2.05, 4.69) is 24.1 Å². The molecule has 0 heterocycles.